The van der Waals surface area contributed by atoms with Crippen LogP contribution in [0, 0.1) is 6.92 Å². The molecule has 0 atom stereocenters. The lowest BCUT2D eigenvalue weighted by atomic mass is 10.0. The zero-order valence-electron chi connectivity index (χ0n) is 18.4. The summed E-state index contributed by atoms with van der Waals surface area (Å²) in [6.07, 6.45) is 4.53. The van der Waals surface area contributed by atoms with Crippen molar-refractivity contribution in [3.63, 3.8) is 0 Å². The number of rotatable bonds is 6. The summed E-state index contributed by atoms with van der Waals surface area (Å²) in [5.41, 5.74) is 3.92. The van der Waals surface area contributed by atoms with Gasteiger partial charge in [0.15, 0.2) is 5.13 Å². The summed E-state index contributed by atoms with van der Waals surface area (Å²) in [6.45, 7) is 7.83. The maximum atomic E-state index is 11.4. The first-order valence-corrected chi connectivity index (χ1v) is 11.8. The largest absolute Gasteiger partial charge is 0.477 e. The van der Waals surface area contributed by atoms with Gasteiger partial charge in [-0.05, 0) is 31.0 Å². The molecule has 11 heteroatoms. The Balaban J connectivity index is 1.45. The van der Waals surface area contributed by atoms with Gasteiger partial charge in [-0.15, -0.1) is 0 Å². The predicted molar refractivity (Wildman–Crippen MR) is 126 cm³/mol. The highest BCUT2D eigenvalue weighted by Crippen LogP contribution is 2.31. The molecule has 0 unspecified atom stereocenters. The molecule has 1 fully saturated rings. The van der Waals surface area contributed by atoms with Crippen LogP contribution in [0.25, 0.3) is 0 Å². The van der Waals surface area contributed by atoms with Crippen LogP contribution in [-0.2, 0) is 19.5 Å². The molecule has 0 amide bonds. The number of fused-ring (bicyclic) bond motifs is 1. The van der Waals surface area contributed by atoms with Gasteiger partial charge in [0.1, 0.15) is 10.7 Å². The maximum Gasteiger partial charge on any atom is 0.347 e. The zero-order valence-corrected chi connectivity index (χ0v) is 19.2. The number of hydrogen-bond donors (Lipinski definition) is 3. The van der Waals surface area contributed by atoms with Crippen molar-refractivity contribution in [2.24, 2.45) is 0 Å². The lowest BCUT2D eigenvalue weighted by molar-refractivity contribution is 0.0701. The molecule has 0 spiro atoms. The Morgan fingerprint density at radius 1 is 1.18 bits per heavy atom. The molecule has 172 valence electrons. The van der Waals surface area contributed by atoms with Gasteiger partial charge in [-0.3, -0.25) is 15.2 Å². The average Bonchev–Trinajstić information content (AvgIpc) is 3.20. The second kappa shape index (κ2) is 9.38. The van der Waals surface area contributed by atoms with Gasteiger partial charge in [0.05, 0.1) is 11.4 Å². The minimum Gasteiger partial charge on any atom is -0.477 e. The summed E-state index contributed by atoms with van der Waals surface area (Å²) in [7, 11) is 0. The summed E-state index contributed by atoms with van der Waals surface area (Å²) in [4.78, 5) is 34.5. The van der Waals surface area contributed by atoms with E-state index >= 15 is 0 Å². The first-order valence-electron chi connectivity index (χ1n) is 11.0. The van der Waals surface area contributed by atoms with Crippen LogP contribution in [0.4, 0.5) is 16.9 Å². The van der Waals surface area contributed by atoms with Crippen LogP contribution in [-0.4, -0.2) is 68.6 Å². The van der Waals surface area contributed by atoms with Crippen molar-refractivity contribution in [2.75, 3.05) is 42.9 Å². The molecule has 0 saturated carbocycles. The number of aromatic carboxylic acids is 1. The van der Waals surface area contributed by atoms with Crippen molar-refractivity contribution in [3.8, 4) is 0 Å². The molecule has 0 aromatic carbocycles. The van der Waals surface area contributed by atoms with E-state index in [1.807, 2.05) is 24.5 Å². The van der Waals surface area contributed by atoms with Gasteiger partial charge >= 0.3 is 5.97 Å². The van der Waals surface area contributed by atoms with Gasteiger partial charge < -0.3 is 15.3 Å². The number of thiazole rings is 1. The number of nitrogens with one attached hydrogen (secondary N) is 2. The summed E-state index contributed by atoms with van der Waals surface area (Å²) in [5, 5.41) is 16.4. The van der Waals surface area contributed by atoms with Crippen molar-refractivity contribution in [3.05, 3.63) is 51.9 Å². The van der Waals surface area contributed by atoms with E-state index in [0.29, 0.717) is 16.8 Å². The molecular formula is C22H26N8O2S. The van der Waals surface area contributed by atoms with Crippen LogP contribution >= 0.6 is 11.3 Å². The topological polar surface area (TPSA) is 119 Å². The van der Waals surface area contributed by atoms with Gasteiger partial charge in [-0.25, -0.2) is 14.8 Å². The van der Waals surface area contributed by atoms with Gasteiger partial charge in [-0.2, -0.15) is 4.98 Å². The molecule has 1 saturated heterocycles. The fourth-order valence-corrected chi connectivity index (χ4v) is 5.08. The van der Waals surface area contributed by atoms with Crippen molar-refractivity contribution in [1.82, 2.24) is 30.2 Å². The SMILES string of the molecule is Cc1nc(Nc2nc3c(c(N4CCNCC4)n2)CCN(Cc2ccncc2)C3)sc1C(=O)O. The Hall–Kier alpha value is -3.15. The molecule has 2 aliphatic rings. The third-order valence-electron chi connectivity index (χ3n) is 5.90. The summed E-state index contributed by atoms with van der Waals surface area (Å²) in [5.74, 6) is 0.454. The molecule has 3 aromatic rings. The number of pyridine rings is 1. The Bertz CT molecular complexity index is 1150. The van der Waals surface area contributed by atoms with Crippen molar-refractivity contribution >= 4 is 34.2 Å². The third kappa shape index (κ3) is 4.80. The predicted octanol–water partition coefficient (Wildman–Crippen LogP) is 2.05. The molecule has 5 heterocycles. The van der Waals surface area contributed by atoms with Crippen LogP contribution < -0.4 is 15.5 Å². The van der Waals surface area contributed by atoms with E-state index in [1.54, 1.807) is 6.92 Å². The number of anilines is 3. The lowest BCUT2D eigenvalue weighted by Gasteiger charge is -2.34. The van der Waals surface area contributed by atoms with E-state index in [4.69, 9.17) is 9.97 Å². The Kier molecular flexibility index (Phi) is 6.16. The number of hydrogen-bond acceptors (Lipinski definition) is 10. The molecule has 33 heavy (non-hydrogen) atoms. The third-order valence-corrected chi connectivity index (χ3v) is 6.96. The van der Waals surface area contributed by atoms with Crippen LogP contribution in [0.1, 0.15) is 32.2 Å². The molecular weight excluding hydrogens is 440 g/mol. The first kappa shape index (κ1) is 21.7. The molecule has 0 aliphatic carbocycles. The van der Waals surface area contributed by atoms with E-state index in [2.05, 4.69) is 30.4 Å². The van der Waals surface area contributed by atoms with Gasteiger partial charge in [0.2, 0.25) is 5.95 Å². The number of nitrogens with zero attached hydrogens (tertiary/aromatic N) is 6. The molecule has 2 aliphatic heterocycles. The first-order chi connectivity index (χ1) is 16.1. The Morgan fingerprint density at radius 2 is 1.97 bits per heavy atom. The smallest absolute Gasteiger partial charge is 0.347 e. The number of piperazine rings is 1. The zero-order chi connectivity index (χ0) is 22.8. The second-order valence-electron chi connectivity index (χ2n) is 8.21. The molecule has 0 bridgehead atoms. The Morgan fingerprint density at radius 3 is 2.70 bits per heavy atom. The number of carboxylic acids is 1. The molecule has 5 rings (SSSR count). The van der Waals surface area contributed by atoms with E-state index < -0.39 is 5.97 Å². The van der Waals surface area contributed by atoms with E-state index in [1.165, 1.54) is 11.1 Å². The van der Waals surface area contributed by atoms with Crippen LogP contribution in [0.5, 0.6) is 0 Å². The maximum absolute atomic E-state index is 11.4. The second-order valence-corrected chi connectivity index (χ2v) is 9.21. The molecule has 0 radical (unpaired) electrons. The molecule has 3 N–H and O–H groups in total. The fraction of sp³-hybridized carbons (Fsp3) is 0.409. The average molecular weight is 467 g/mol. The van der Waals surface area contributed by atoms with Crippen LogP contribution in [0.15, 0.2) is 24.5 Å². The number of aryl methyl sites for hydroxylation is 1. The highest BCUT2D eigenvalue weighted by atomic mass is 32.1. The fourth-order valence-electron chi connectivity index (χ4n) is 4.28. The highest BCUT2D eigenvalue weighted by Gasteiger charge is 2.26. The molecule has 10 nitrogen and oxygen atoms in total. The minimum atomic E-state index is -0.974. The van der Waals surface area contributed by atoms with E-state index in [-0.39, 0.29) is 4.88 Å². The van der Waals surface area contributed by atoms with Gasteiger partial charge in [0, 0.05) is 63.8 Å². The monoisotopic (exact) mass is 466 g/mol. The van der Waals surface area contributed by atoms with Crippen LogP contribution in [0.3, 0.4) is 0 Å². The quantitative estimate of drug-likeness (QED) is 0.498. The van der Waals surface area contributed by atoms with E-state index in [9.17, 15) is 9.90 Å². The van der Waals surface area contributed by atoms with Crippen molar-refractivity contribution < 1.29 is 9.90 Å². The summed E-state index contributed by atoms with van der Waals surface area (Å²) < 4.78 is 0. The van der Waals surface area contributed by atoms with Gasteiger partial charge in [-0.1, -0.05) is 11.3 Å². The minimum absolute atomic E-state index is 0.223. The Labute approximate surface area is 195 Å². The normalized spacial score (nSPS) is 16.5. The van der Waals surface area contributed by atoms with Crippen LogP contribution in [0.2, 0.25) is 0 Å². The standard InChI is InChI=1S/C22H26N8O2S/c1-14-18(20(31)32)33-22(25-14)28-21-26-17-13-29(12-15-2-5-23-6-3-15)9-4-16(17)19(27-21)30-10-7-24-8-11-30/h2-3,5-6,24H,4,7-13H2,1H3,(H,31,32)(H,25,26,27,28). The van der Waals surface area contributed by atoms with E-state index in [0.717, 1.165) is 75.1 Å². The van der Waals surface area contributed by atoms with Crippen molar-refractivity contribution in [1.29, 1.82) is 0 Å². The number of aromatic nitrogens is 4. The number of carboxylic acid groups (broad SMARTS) is 1. The highest BCUT2D eigenvalue weighted by molar-refractivity contribution is 7.17. The summed E-state index contributed by atoms with van der Waals surface area (Å²) in [6, 6.07) is 4.08. The van der Waals surface area contributed by atoms with Gasteiger partial charge in [0.25, 0.3) is 0 Å². The number of carbonyl (C=O) groups is 1. The van der Waals surface area contributed by atoms with Crippen molar-refractivity contribution in [2.45, 2.75) is 26.4 Å². The lowest BCUT2D eigenvalue weighted by Crippen LogP contribution is -2.45. The molecule has 3 aromatic heterocycles. The summed E-state index contributed by atoms with van der Waals surface area (Å²) >= 11 is 1.10.